The highest BCUT2D eigenvalue weighted by atomic mass is 16.5. The molecular weight excluding hydrogens is 188 g/mol. The van der Waals surface area contributed by atoms with Gasteiger partial charge in [0.2, 0.25) is 0 Å². The topological polar surface area (TPSA) is 24.5 Å². The van der Waals surface area contributed by atoms with Crippen molar-refractivity contribution in [3.8, 4) is 5.75 Å². The molecular formula is C12H18N2O. The van der Waals surface area contributed by atoms with Crippen molar-refractivity contribution in [1.82, 2.24) is 5.32 Å². The normalized spacial score (nSPS) is 21.5. The number of hydrogen-bond acceptors (Lipinski definition) is 3. The minimum absolute atomic E-state index is 0.545. The van der Waals surface area contributed by atoms with E-state index < -0.39 is 0 Å². The smallest absolute Gasteiger partial charge is 0.142 e. The number of rotatable bonds is 2. The Kier molecular flexibility index (Phi) is 3.11. The maximum absolute atomic E-state index is 5.37. The second-order valence-corrected chi connectivity index (χ2v) is 3.97. The van der Waals surface area contributed by atoms with Crippen LogP contribution in [0.2, 0.25) is 0 Å². The van der Waals surface area contributed by atoms with Gasteiger partial charge in [-0.15, -0.1) is 0 Å². The Morgan fingerprint density at radius 1 is 1.40 bits per heavy atom. The van der Waals surface area contributed by atoms with Crippen LogP contribution in [0, 0.1) is 0 Å². The number of hydrogen-bond donors (Lipinski definition) is 1. The number of methoxy groups -OCH3 is 1. The zero-order chi connectivity index (χ0) is 10.7. The summed E-state index contributed by atoms with van der Waals surface area (Å²) < 4.78 is 5.37. The molecule has 0 amide bonds. The highest BCUT2D eigenvalue weighted by Crippen LogP contribution is 2.28. The zero-order valence-electron chi connectivity index (χ0n) is 9.36. The summed E-state index contributed by atoms with van der Waals surface area (Å²) in [5.41, 5.74) is 1.20. The van der Waals surface area contributed by atoms with E-state index in [9.17, 15) is 0 Å². The van der Waals surface area contributed by atoms with Crippen LogP contribution < -0.4 is 15.0 Å². The molecule has 1 N–H and O–H groups in total. The fourth-order valence-corrected chi connectivity index (χ4v) is 2.04. The van der Waals surface area contributed by atoms with E-state index in [2.05, 4.69) is 29.3 Å². The van der Waals surface area contributed by atoms with Gasteiger partial charge in [-0.1, -0.05) is 12.1 Å². The first-order valence-electron chi connectivity index (χ1n) is 5.42. The average molecular weight is 206 g/mol. The molecule has 3 heteroatoms. The third-order valence-corrected chi connectivity index (χ3v) is 2.79. The maximum atomic E-state index is 5.37. The van der Waals surface area contributed by atoms with E-state index in [4.69, 9.17) is 4.74 Å². The van der Waals surface area contributed by atoms with Crippen LogP contribution in [0.15, 0.2) is 24.3 Å². The second-order valence-electron chi connectivity index (χ2n) is 3.97. The first-order valence-corrected chi connectivity index (χ1v) is 5.42. The molecule has 0 saturated carbocycles. The molecule has 2 rings (SSSR count). The lowest BCUT2D eigenvalue weighted by Crippen LogP contribution is -2.49. The monoisotopic (exact) mass is 206 g/mol. The predicted octanol–water partition coefficient (Wildman–Crippen LogP) is 1.49. The van der Waals surface area contributed by atoms with Crippen molar-refractivity contribution in [3.63, 3.8) is 0 Å². The van der Waals surface area contributed by atoms with Crippen molar-refractivity contribution in [2.24, 2.45) is 0 Å². The van der Waals surface area contributed by atoms with E-state index in [0.717, 1.165) is 25.4 Å². The maximum Gasteiger partial charge on any atom is 0.142 e. The predicted molar refractivity (Wildman–Crippen MR) is 62.7 cm³/mol. The molecule has 0 bridgehead atoms. The van der Waals surface area contributed by atoms with Crippen LogP contribution in [0.5, 0.6) is 5.75 Å². The highest BCUT2D eigenvalue weighted by molar-refractivity contribution is 5.58. The third kappa shape index (κ3) is 2.23. The Morgan fingerprint density at radius 2 is 2.20 bits per heavy atom. The van der Waals surface area contributed by atoms with E-state index in [1.54, 1.807) is 7.11 Å². The van der Waals surface area contributed by atoms with Crippen LogP contribution in [-0.4, -0.2) is 32.8 Å². The van der Waals surface area contributed by atoms with E-state index >= 15 is 0 Å². The van der Waals surface area contributed by atoms with Crippen LogP contribution in [0.3, 0.4) is 0 Å². The Balaban J connectivity index is 2.20. The van der Waals surface area contributed by atoms with Gasteiger partial charge >= 0.3 is 0 Å². The van der Waals surface area contributed by atoms with Crippen molar-refractivity contribution in [3.05, 3.63) is 24.3 Å². The van der Waals surface area contributed by atoms with E-state index in [0.29, 0.717) is 6.04 Å². The van der Waals surface area contributed by atoms with Gasteiger partial charge in [0.15, 0.2) is 0 Å². The lowest BCUT2D eigenvalue weighted by molar-refractivity contribution is 0.410. The standard InChI is InChI=1S/C12H18N2O/c1-10-9-14(8-7-13-10)11-5-3-4-6-12(11)15-2/h3-6,10,13H,7-9H2,1-2H3/t10-/m1/s1. The van der Waals surface area contributed by atoms with Crippen LogP contribution in [0.4, 0.5) is 5.69 Å². The first-order chi connectivity index (χ1) is 7.31. The highest BCUT2D eigenvalue weighted by Gasteiger charge is 2.18. The molecule has 82 valence electrons. The van der Waals surface area contributed by atoms with Crippen LogP contribution in [0.1, 0.15) is 6.92 Å². The Hall–Kier alpha value is -1.22. The summed E-state index contributed by atoms with van der Waals surface area (Å²) in [5, 5.41) is 3.44. The Morgan fingerprint density at radius 3 is 2.93 bits per heavy atom. The summed E-state index contributed by atoms with van der Waals surface area (Å²) in [5.74, 6) is 0.964. The molecule has 1 aromatic rings. The van der Waals surface area contributed by atoms with Crippen molar-refractivity contribution in [2.75, 3.05) is 31.6 Å². The van der Waals surface area contributed by atoms with E-state index in [-0.39, 0.29) is 0 Å². The summed E-state index contributed by atoms with van der Waals surface area (Å²) in [7, 11) is 1.73. The number of benzene rings is 1. The van der Waals surface area contributed by atoms with Gasteiger partial charge in [0, 0.05) is 25.7 Å². The minimum Gasteiger partial charge on any atom is -0.495 e. The summed E-state index contributed by atoms with van der Waals surface area (Å²) in [6.45, 7) is 5.34. The van der Waals surface area contributed by atoms with Gasteiger partial charge in [-0.25, -0.2) is 0 Å². The van der Waals surface area contributed by atoms with Crippen LogP contribution in [0.25, 0.3) is 0 Å². The third-order valence-electron chi connectivity index (χ3n) is 2.79. The summed E-state index contributed by atoms with van der Waals surface area (Å²) in [4.78, 5) is 2.38. The molecule has 1 heterocycles. The van der Waals surface area contributed by atoms with Gasteiger partial charge in [0.25, 0.3) is 0 Å². The molecule has 0 aliphatic carbocycles. The Bertz CT molecular complexity index is 327. The lowest BCUT2D eigenvalue weighted by atomic mass is 10.2. The number of para-hydroxylation sites is 2. The molecule has 1 atom stereocenters. The van der Waals surface area contributed by atoms with Gasteiger partial charge < -0.3 is 15.0 Å². The molecule has 1 fully saturated rings. The second kappa shape index (κ2) is 4.53. The first kappa shape index (κ1) is 10.3. The molecule has 1 aromatic carbocycles. The fourth-order valence-electron chi connectivity index (χ4n) is 2.04. The van der Waals surface area contributed by atoms with Crippen molar-refractivity contribution in [1.29, 1.82) is 0 Å². The van der Waals surface area contributed by atoms with E-state index in [1.165, 1.54) is 5.69 Å². The van der Waals surface area contributed by atoms with E-state index in [1.807, 2.05) is 12.1 Å². The molecule has 15 heavy (non-hydrogen) atoms. The molecule has 0 radical (unpaired) electrons. The number of nitrogens with one attached hydrogen (secondary N) is 1. The molecule has 1 aliphatic heterocycles. The van der Waals surface area contributed by atoms with Gasteiger partial charge in [-0.2, -0.15) is 0 Å². The average Bonchev–Trinajstić information content (AvgIpc) is 2.29. The SMILES string of the molecule is COc1ccccc1N1CCN[C@H](C)C1. The number of nitrogens with zero attached hydrogens (tertiary/aromatic N) is 1. The van der Waals surface area contributed by atoms with Gasteiger partial charge in [-0.3, -0.25) is 0 Å². The molecule has 1 saturated heterocycles. The molecule has 3 nitrogen and oxygen atoms in total. The van der Waals surface area contributed by atoms with Crippen molar-refractivity contribution in [2.45, 2.75) is 13.0 Å². The van der Waals surface area contributed by atoms with Crippen LogP contribution in [-0.2, 0) is 0 Å². The molecule has 1 aliphatic rings. The largest absolute Gasteiger partial charge is 0.495 e. The van der Waals surface area contributed by atoms with Crippen molar-refractivity contribution >= 4 is 5.69 Å². The van der Waals surface area contributed by atoms with Gasteiger partial charge in [0.05, 0.1) is 12.8 Å². The van der Waals surface area contributed by atoms with Crippen LogP contribution >= 0.6 is 0 Å². The molecule has 0 unspecified atom stereocenters. The molecule has 0 aromatic heterocycles. The lowest BCUT2D eigenvalue weighted by Gasteiger charge is -2.34. The quantitative estimate of drug-likeness (QED) is 0.793. The number of piperazine rings is 1. The van der Waals surface area contributed by atoms with Gasteiger partial charge in [0.1, 0.15) is 5.75 Å². The zero-order valence-corrected chi connectivity index (χ0v) is 9.36. The summed E-state index contributed by atoms with van der Waals surface area (Å²) in [6.07, 6.45) is 0. The minimum atomic E-state index is 0.545. The van der Waals surface area contributed by atoms with Gasteiger partial charge in [-0.05, 0) is 19.1 Å². The summed E-state index contributed by atoms with van der Waals surface area (Å²) in [6, 6.07) is 8.75. The summed E-state index contributed by atoms with van der Waals surface area (Å²) >= 11 is 0. The molecule has 0 spiro atoms. The Labute approximate surface area is 91.0 Å². The fraction of sp³-hybridized carbons (Fsp3) is 0.500. The number of ether oxygens (including phenoxy) is 1. The number of anilines is 1. The van der Waals surface area contributed by atoms with Crippen molar-refractivity contribution < 1.29 is 4.74 Å².